The second-order valence-electron chi connectivity index (χ2n) is 3.87. The zero-order valence-corrected chi connectivity index (χ0v) is 11.0. The minimum Gasteiger partial charge on any atom is -0.506 e. The van der Waals surface area contributed by atoms with Gasteiger partial charge in [-0.15, -0.1) is 0 Å². The Morgan fingerprint density at radius 3 is 2.05 bits per heavy atom. The van der Waals surface area contributed by atoms with Crippen LogP contribution in [0.3, 0.4) is 0 Å². The normalized spacial score (nSPS) is 10.0. The fourth-order valence-electron chi connectivity index (χ4n) is 1.50. The van der Waals surface area contributed by atoms with Crippen molar-refractivity contribution < 1.29 is 19.7 Å². The number of hydrogen-bond donors (Lipinski definition) is 5. The van der Waals surface area contributed by atoms with E-state index in [-0.39, 0.29) is 27.8 Å². The van der Waals surface area contributed by atoms with Crippen molar-refractivity contribution in [3.63, 3.8) is 0 Å². The number of oxazole rings is 1. The Balaban J connectivity index is 0.000000151. The van der Waals surface area contributed by atoms with E-state index in [4.69, 9.17) is 32.6 Å². The molecule has 3 rings (SSSR count). The molecule has 3 aromatic rings. The highest BCUT2D eigenvalue weighted by atomic mass is 32.1. The number of nitrogens with two attached hydrogens (primary N) is 1. The Bertz CT molecular complexity index is 774. The average Bonchev–Trinajstić information content (AvgIpc) is 2.79. The number of aromatic nitrogens is 1. The third kappa shape index (κ3) is 2.83. The van der Waals surface area contributed by atoms with Gasteiger partial charge < -0.3 is 30.5 Å². The van der Waals surface area contributed by atoms with E-state index in [2.05, 4.69) is 4.98 Å². The molecule has 0 aliphatic rings. The number of phenols is 3. The minimum atomic E-state index is -0.0880. The first-order valence-corrected chi connectivity index (χ1v) is 5.97. The van der Waals surface area contributed by atoms with Gasteiger partial charge in [-0.1, -0.05) is 12.1 Å². The molecule has 0 saturated heterocycles. The highest BCUT2D eigenvalue weighted by Gasteiger charge is 2.01. The predicted octanol–water partition coefficient (Wildman–Crippen LogP) is 2.88. The summed E-state index contributed by atoms with van der Waals surface area (Å²) in [6, 6.07) is 9.35. The molecule has 1 aromatic heterocycles. The van der Waals surface area contributed by atoms with Gasteiger partial charge in [-0.25, -0.2) is 0 Å². The van der Waals surface area contributed by atoms with Crippen molar-refractivity contribution in [1.29, 1.82) is 0 Å². The second kappa shape index (κ2) is 5.54. The van der Waals surface area contributed by atoms with Crippen LogP contribution in [0.1, 0.15) is 0 Å². The van der Waals surface area contributed by atoms with Crippen LogP contribution < -0.4 is 5.73 Å². The van der Waals surface area contributed by atoms with E-state index in [1.54, 1.807) is 18.2 Å². The van der Waals surface area contributed by atoms with Crippen molar-refractivity contribution in [2.45, 2.75) is 0 Å². The number of nitrogen functional groups attached to an aromatic ring is 1. The third-order valence-corrected chi connectivity index (χ3v) is 2.68. The number of aromatic hydroxyl groups is 3. The lowest BCUT2D eigenvalue weighted by molar-refractivity contribution is 0.455. The van der Waals surface area contributed by atoms with Crippen LogP contribution in [0.25, 0.3) is 11.1 Å². The van der Waals surface area contributed by atoms with Crippen molar-refractivity contribution in [3.05, 3.63) is 41.2 Å². The van der Waals surface area contributed by atoms with E-state index in [9.17, 15) is 5.11 Å². The molecule has 0 radical (unpaired) electrons. The molecule has 0 bridgehead atoms. The highest BCUT2D eigenvalue weighted by Crippen LogP contribution is 2.28. The molecule has 0 spiro atoms. The van der Waals surface area contributed by atoms with Gasteiger partial charge in [0.25, 0.3) is 4.84 Å². The van der Waals surface area contributed by atoms with E-state index in [1.807, 2.05) is 0 Å². The summed E-state index contributed by atoms with van der Waals surface area (Å²) in [4.78, 5) is 3.00. The van der Waals surface area contributed by atoms with Crippen molar-refractivity contribution in [1.82, 2.24) is 4.98 Å². The number of rotatable bonds is 0. The molecule has 2 aromatic carbocycles. The Morgan fingerprint density at radius 2 is 1.50 bits per heavy atom. The number of nitrogens with one attached hydrogen (secondary N) is 1. The van der Waals surface area contributed by atoms with Crippen molar-refractivity contribution >= 4 is 29.0 Å². The van der Waals surface area contributed by atoms with Gasteiger partial charge >= 0.3 is 0 Å². The Hall–Kier alpha value is -2.67. The summed E-state index contributed by atoms with van der Waals surface area (Å²) < 4.78 is 5.05. The molecule has 1 heterocycles. The molecule has 0 fully saturated rings. The van der Waals surface area contributed by atoms with Crippen LogP contribution >= 0.6 is 12.2 Å². The van der Waals surface area contributed by atoms with Crippen molar-refractivity contribution in [3.8, 4) is 17.2 Å². The van der Waals surface area contributed by atoms with Gasteiger partial charge in [0.1, 0.15) is 28.5 Å². The average molecular weight is 292 g/mol. The molecular weight excluding hydrogens is 280 g/mol. The number of para-hydroxylation sites is 2. The van der Waals surface area contributed by atoms with Crippen LogP contribution in [0.2, 0.25) is 0 Å². The van der Waals surface area contributed by atoms with Gasteiger partial charge in [-0.3, -0.25) is 0 Å². The first-order chi connectivity index (χ1) is 9.49. The third-order valence-electron chi connectivity index (χ3n) is 2.49. The maximum atomic E-state index is 9.25. The lowest BCUT2D eigenvalue weighted by atomic mass is 10.3. The summed E-state index contributed by atoms with van der Waals surface area (Å²) in [5.41, 5.74) is 6.34. The van der Waals surface area contributed by atoms with E-state index >= 15 is 0 Å². The topological polar surface area (TPSA) is 116 Å². The monoisotopic (exact) mass is 292 g/mol. The number of anilines is 1. The first-order valence-electron chi connectivity index (χ1n) is 5.56. The van der Waals surface area contributed by atoms with Crippen molar-refractivity contribution in [2.24, 2.45) is 0 Å². The number of benzene rings is 2. The van der Waals surface area contributed by atoms with Crippen LogP contribution in [0, 0.1) is 4.84 Å². The molecule has 104 valence electrons. The van der Waals surface area contributed by atoms with Gasteiger partial charge in [0.05, 0.1) is 0 Å². The molecule has 0 aliphatic heterocycles. The molecule has 6 nitrogen and oxygen atoms in total. The fraction of sp³-hybridized carbons (Fsp3) is 0. The Morgan fingerprint density at radius 1 is 0.950 bits per heavy atom. The van der Waals surface area contributed by atoms with E-state index < -0.39 is 0 Å². The number of H-pyrrole nitrogens is 1. The summed E-state index contributed by atoms with van der Waals surface area (Å²) >= 11 is 4.74. The molecule has 0 amide bonds. The molecule has 7 heteroatoms. The molecule has 20 heavy (non-hydrogen) atoms. The Kier molecular flexibility index (Phi) is 3.81. The van der Waals surface area contributed by atoms with Gasteiger partial charge in [-0.2, -0.15) is 0 Å². The fourth-order valence-corrected chi connectivity index (χ4v) is 1.69. The van der Waals surface area contributed by atoms with Gasteiger partial charge in [0.2, 0.25) is 0 Å². The van der Waals surface area contributed by atoms with Crippen LogP contribution in [0.4, 0.5) is 5.69 Å². The van der Waals surface area contributed by atoms with Crippen LogP contribution in [0.5, 0.6) is 17.2 Å². The minimum absolute atomic E-state index is 0.0255. The van der Waals surface area contributed by atoms with E-state index in [0.29, 0.717) is 11.1 Å². The zero-order chi connectivity index (χ0) is 14.7. The molecule has 0 atom stereocenters. The summed E-state index contributed by atoms with van der Waals surface area (Å²) in [6.07, 6.45) is 0. The highest BCUT2D eigenvalue weighted by molar-refractivity contribution is 7.71. The van der Waals surface area contributed by atoms with Gasteiger partial charge in [-0.05, 0) is 36.5 Å². The standard InChI is InChI=1S/C7H5NO2S.C6H7NO2/c9-4-2-1-3-5-6(4)8-7(11)10-5;7-6-4(8)2-1-3-5(6)9/h1-3,9H,(H,8,11);1-3,8-9H,7H2. The SMILES string of the molecule is Nc1c(O)cccc1O.Oc1cccc2oc(=S)[nH]c12. The van der Waals surface area contributed by atoms with Gasteiger partial charge in [0.15, 0.2) is 5.58 Å². The van der Waals surface area contributed by atoms with Crippen molar-refractivity contribution in [2.75, 3.05) is 5.73 Å². The maximum Gasteiger partial charge on any atom is 0.267 e. The molecule has 0 aliphatic carbocycles. The predicted molar refractivity (Wildman–Crippen MR) is 77.2 cm³/mol. The lowest BCUT2D eigenvalue weighted by Crippen LogP contribution is -1.84. The Labute approximate surface area is 118 Å². The number of phenolic OH excluding ortho intramolecular Hbond substituents is 3. The molecular formula is C13H12N2O4S. The molecule has 0 unspecified atom stereocenters. The number of hydrogen-bond acceptors (Lipinski definition) is 6. The largest absolute Gasteiger partial charge is 0.506 e. The number of fused-ring (bicyclic) bond motifs is 1. The second-order valence-corrected chi connectivity index (χ2v) is 4.25. The maximum absolute atomic E-state index is 9.25. The summed E-state index contributed by atoms with van der Waals surface area (Å²) in [5, 5.41) is 26.9. The summed E-state index contributed by atoms with van der Waals surface area (Å²) in [7, 11) is 0. The van der Waals surface area contributed by atoms with Crippen LogP contribution in [-0.4, -0.2) is 20.3 Å². The van der Waals surface area contributed by atoms with E-state index in [0.717, 1.165) is 0 Å². The zero-order valence-electron chi connectivity index (χ0n) is 10.2. The quantitative estimate of drug-likeness (QED) is 0.247. The van der Waals surface area contributed by atoms with Gasteiger partial charge in [0, 0.05) is 0 Å². The van der Waals surface area contributed by atoms with Crippen LogP contribution in [-0.2, 0) is 0 Å². The molecule has 0 saturated carbocycles. The summed E-state index contributed by atoms with van der Waals surface area (Å²) in [6.45, 7) is 0. The van der Waals surface area contributed by atoms with Crippen LogP contribution in [0.15, 0.2) is 40.8 Å². The molecule has 6 N–H and O–H groups in total. The summed E-state index contributed by atoms with van der Waals surface area (Å²) in [5.74, 6) is -0.0210. The smallest absolute Gasteiger partial charge is 0.267 e. The van der Waals surface area contributed by atoms with E-state index in [1.165, 1.54) is 18.2 Å². The first kappa shape index (κ1) is 13.8. The lowest BCUT2D eigenvalue weighted by Gasteiger charge is -1.98. The number of aromatic amines is 1.